The van der Waals surface area contributed by atoms with Gasteiger partial charge in [0.2, 0.25) is 5.91 Å². The predicted molar refractivity (Wildman–Crippen MR) is 103 cm³/mol. The Morgan fingerprint density at radius 1 is 1.21 bits per heavy atom. The molecule has 8 heteroatoms. The highest BCUT2D eigenvalue weighted by Gasteiger charge is 2.30. The van der Waals surface area contributed by atoms with Crippen LogP contribution < -0.4 is 10.1 Å². The first-order valence-electron chi connectivity index (χ1n) is 8.33. The Morgan fingerprint density at radius 2 is 2.00 bits per heavy atom. The van der Waals surface area contributed by atoms with E-state index in [1.165, 1.54) is 23.5 Å². The molecule has 146 valence electrons. The van der Waals surface area contributed by atoms with Crippen LogP contribution in [0.3, 0.4) is 0 Å². The number of aryl methyl sites for hydroxylation is 1. The van der Waals surface area contributed by atoms with Gasteiger partial charge in [-0.3, -0.25) is 4.79 Å². The molecule has 0 saturated carbocycles. The number of halogens is 3. The summed E-state index contributed by atoms with van der Waals surface area (Å²) in [7, 11) is 1.57. The number of anilines is 1. The molecule has 2 aromatic carbocycles. The van der Waals surface area contributed by atoms with Crippen LogP contribution in [-0.2, 0) is 17.4 Å². The van der Waals surface area contributed by atoms with Gasteiger partial charge in [-0.15, -0.1) is 11.3 Å². The van der Waals surface area contributed by atoms with Crippen molar-refractivity contribution in [3.63, 3.8) is 0 Å². The zero-order valence-corrected chi connectivity index (χ0v) is 15.9. The van der Waals surface area contributed by atoms with E-state index < -0.39 is 17.6 Å². The number of aromatic nitrogens is 1. The van der Waals surface area contributed by atoms with Crippen LogP contribution in [0, 0.1) is 6.92 Å². The first kappa shape index (κ1) is 19.9. The molecule has 0 unspecified atom stereocenters. The van der Waals surface area contributed by atoms with Gasteiger partial charge in [-0.2, -0.15) is 13.2 Å². The smallest absolute Gasteiger partial charge is 0.416 e. The van der Waals surface area contributed by atoms with Gasteiger partial charge in [-0.25, -0.2) is 4.98 Å². The molecule has 3 rings (SSSR count). The molecule has 0 saturated heterocycles. The van der Waals surface area contributed by atoms with Gasteiger partial charge in [-0.1, -0.05) is 29.8 Å². The van der Waals surface area contributed by atoms with Crippen LogP contribution in [0.5, 0.6) is 5.75 Å². The molecule has 0 atom stereocenters. The molecule has 0 fully saturated rings. The van der Waals surface area contributed by atoms with Crippen molar-refractivity contribution in [3.05, 3.63) is 64.5 Å². The molecule has 0 aliphatic heterocycles. The number of ether oxygens (including phenoxy) is 1. The lowest BCUT2D eigenvalue weighted by atomic mass is 10.1. The highest BCUT2D eigenvalue weighted by atomic mass is 32.1. The lowest BCUT2D eigenvalue weighted by Gasteiger charge is -2.08. The normalized spacial score (nSPS) is 11.3. The van der Waals surface area contributed by atoms with Crippen LogP contribution >= 0.6 is 11.3 Å². The third kappa shape index (κ3) is 4.69. The van der Waals surface area contributed by atoms with E-state index in [4.69, 9.17) is 4.74 Å². The summed E-state index contributed by atoms with van der Waals surface area (Å²) >= 11 is 1.24. The summed E-state index contributed by atoms with van der Waals surface area (Å²) in [5.41, 5.74) is 2.00. The van der Waals surface area contributed by atoms with Crippen LogP contribution in [0.4, 0.5) is 18.3 Å². The van der Waals surface area contributed by atoms with Crippen molar-refractivity contribution in [2.75, 3.05) is 12.4 Å². The molecule has 0 aliphatic rings. The fourth-order valence-corrected chi connectivity index (χ4v) is 3.41. The quantitative estimate of drug-likeness (QED) is 0.623. The second kappa shape index (κ2) is 8.02. The summed E-state index contributed by atoms with van der Waals surface area (Å²) in [6.45, 7) is 1.95. The monoisotopic (exact) mass is 406 g/mol. The first-order chi connectivity index (χ1) is 13.3. The van der Waals surface area contributed by atoms with Gasteiger partial charge in [0.15, 0.2) is 5.13 Å². The van der Waals surface area contributed by atoms with Crippen LogP contribution in [0.2, 0.25) is 0 Å². The SMILES string of the molecule is COc1ccc(C)cc1-c1csc(NC(=O)Cc2cccc(C(F)(F)F)c2)n1. The third-order valence-corrected chi connectivity index (χ3v) is 4.76. The van der Waals surface area contributed by atoms with Crippen molar-refractivity contribution >= 4 is 22.4 Å². The maximum absolute atomic E-state index is 12.8. The van der Waals surface area contributed by atoms with E-state index in [-0.39, 0.29) is 12.0 Å². The molecular weight excluding hydrogens is 389 g/mol. The standard InChI is InChI=1S/C20H17F3N2O2S/c1-12-6-7-17(27-2)15(8-12)16-11-28-19(24-16)25-18(26)10-13-4-3-5-14(9-13)20(21,22)23/h3-9,11H,10H2,1-2H3,(H,24,25,26). The maximum atomic E-state index is 12.8. The van der Waals surface area contributed by atoms with Crippen LogP contribution in [-0.4, -0.2) is 18.0 Å². The molecule has 1 N–H and O–H groups in total. The van der Waals surface area contributed by atoms with E-state index in [0.717, 1.165) is 23.3 Å². The van der Waals surface area contributed by atoms with Gasteiger partial charge in [0.1, 0.15) is 5.75 Å². The number of methoxy groups -OCH3 is 1. The van der Waals surface area contributed by atoms with Gasteiger partial charge in [-0.05, 0) is 30.7 Å². The number of nitrogens with one attached hydrogen (secondary N) is 1. The summed E-state index contributed by atoms with van der Waals surface area (Å²) in [6.07, 6.45) is -4.61. The minimum Gasteiger partial charge on any atom is -0.496 e. The predicted octanol–water partition coefficient (Wildman–Crippen LogP) is 5.33. The summed E-state index contributed by atoms with van der Waals surface area (Å²) in [6, 6.07) is 10.4. The maximum Gasteiger partial charge on any atom is 0.416 e. The summed E-state index contributed by atoms with van der Waals surface area (Å²) in [5, 5.41) is 4.80. The lowest BCUT2D eigenvalue weighted by molar-refractivity contribution is -0.137. The minimum absolute atomic E-state index is 0.174. The van der Waals surface area contributed by atoms with Crippen molar-refractivity contribution in [2.24, 2.45) is 0 Å². The van der Waals surface area contributed by atoms with Crippen LogP contribution in [0.1, 0.15) is 16.7 Å². The molecule has 1 aromatic heterocycles. The number of alkyl halides is 3. The van der Waals surface area contributed by atoms with Crippen molar-refractivity contribution in [2.45, 2.75) is 19.5 Å². The molecule has 3 aromatic rings. The van der Waals surface area contributed by atoms with Gasteiger partial charge >= 0.3 is 6.18 Å². The fourth-order valence-electron chi connectivity index (χ4n) is 2.68. The molecule has 0 radical (unpaired) electrons. The third-order valence-electron chi connectivity index (χ3n) is 4.00. The highest BCUT2D eigenvalue weighted by Crippen LogP contribution is 2.33. The molecule has 0 aliphatic carbocycles. The van der Waals surface area contributed by atoms with Crippen molar-refractivity contribution in [1.29, 1.82) is 0 Å². The van der Waals surface area contributed by atoms with E-state index in [1.54, 1.807) is 12.5 Å². The molecule has 4 nitrogen and oxygen atoms in total. The largest absolute Gasteiger partial charge is 0.496 e. The van der Waals surface area contributed by atoms with Crippen LogP contribution in [0.25, 0.3) is 11.3 Å². The Morgan fingerprint density at radius 3 is 2.71 bits per heavy atom. The number of amides is 1. The molecule has 1 heterocycles. The number of rotatable bonds is 5. The van der Waals surface area contributed by atoms with Gasteiger partial charge in [0.25, 0.3) is 0 Å². The van der Waals surface area contributed by atoms with Crippen molar-refractivity contribution in [1.82, 2.24) is 4.98 Å². The zero-order chi connectivity index (χ0) is 20.3. The molecular formula is C20H17F3N2O2S. The molecule has 0 bridgehead atoms. The number of nitrogens with zero attached hydrogens (tertiary/aromatic N) is 1. The van der Waals surface area contributed by atoms with Crippen molar-refractivity contribution in [3.8, 4) is 17.0 Å². The fraction of sp³-hybridized carbons (Fsp3) is 0.200. The Bertz CT molecular complexity index is 999. The van der Waals surface area contributed by atoms with E-state index >= 15 is 0 Å². The van der Waals surface area contributed by atoms with Crippen molar-refractivity contribution < 1.29 is 22.7 Å². The summed E-state index contributed by atoms with van der Waals surface area (Å²) in [5.74, 6) is 0.231. The molecule has 1 amide bonds. The number of carbonyl (C=O) groups excluding carboxylic acids is 1. The minimum atomic E-state index is -4.44. The van der Waals surface area contributed by atoms with E-state index in [9.17, 15) is 18.0 Å². The van der Waals surface area contributed by atoms with E-state index in [1.807, 2.05) is 25.1 Å². The van der Waals surface area contributed by atoms with E-state index in [0.29, 0.717) is 16.6 Å². The second-order valence-corrected chi connectivity index (χ2v) is 7.02. The van der Waals surface area contributed by atoms with Gasteiger partial charge < -0.3 is 10.1 Å². The Hall–Kier alpha value is -2.87. The number of hydrogen-bond donors (Lipinski definition) is 1. The average molecular weight is 406 g/mol. The summed E-state index contributed by atoms with van der Waals surface area (Å²) < 4.78 is 43.7. The Labute approximate surface area is 164 Å². The van der Waals surface area contributed by atoms with Crippen LogP contribution in [0.15, 0.2) is 47.8 Å². The highest BCUT2D eigenvalue weighted by molar-refractivity contribution is 7.14. The zero-order valence-electron chi connectivity index (χ0n) is 15.1. The lowest BCUT2D eigenvalue weighted by Crippen LogP contribution is -2.15. The first-order valence-corrected chi connectivity index (χ1v) is 9.21. The topological polar surface area (TPSA) is 51.2 Å². The average Bonchev–Trinajstić information content (AvgIpc) is 3.09. The number of benzene rings is 2. The number of carbonyl (C=O) groups is 1. The number of hydrogen-bond acceptors (Lipinski definition) is 4. The molecule has 0 spiro atoms. The Kier molecular flexibility index (Phi) is 5.69. The molecule has 28 heavy (non-hydrogen) atoms. The van der Waals surface area contributed by atoms with Gasteiger partial charge in [0.05, 0.1) is 24.8 Å². The summed E-state index contributed by atoms with van der Waals surface area (Å²) in [4.78, 5) is 16.6. The Balaban J connectivity index is 1.72. The van der Waals surface area contributed by atoms with E-state index in [2.05, 4.69) is 10.3 Å². The second-order valence-electron chi connectivity index (χ2n) is 6.16. The number of thiazole rings is 1. The van der Waals surface area contributed by atoms with Gasteiger partial charge in [0, 0.05) is 10.9 Å².